The Labute approximate surface area is 135 Å². The van der Waals surface area contributed by atoms with Gasteiger partial charge in [0, 0.05) is 18.5 Å². The molecule has 7 heteroatoms. The Bertz CT molecular complexity index is 604. The number of piperidine rings is 1. The molecular formula is C16H22N6O. The molecule has 1 aromatic heterocycles. The van der Waals surface area contributed by atoms with Gasteiger partial charge < -0.3 is 10.6 Å². The minimum absolute atomic E-state index is 0.130. The number of hydrogen-bond donors (Lipinski definition) is 3. The van der Waals surface area contributed by atoms with Gasteiger partial charge in [0.05, 0.1) is 0 Å². The first kappa shape index (κ1) is 15.6. The second kappa shape index (κ2) is 7.82. The molecule has 1 saturated heterocycles. The fourth-order valence-electron chi connectivity index (χ4n) is 2.85. The van der Waals surface area contributed by atoms with Crippen molar-refractivity contribution in [2.45, 2.75) is 32.2 Å². The van der Waals surface area contributed by atoms with Crippen LogP contribution in [0.3, 0.4) is 0 Å². The Morgan fingerprint density at radius 3 is 2.70 bits per heavy atom. The van der Waals surface area contributed by atoms with E-state index >= 15 is 0 Å². The van der Waals surface area contributed by atoms with Crippen LogP contribution in [0.25, 0.3) is 11.4 Å². The van der Waals surface area contributed by atoms with Crippen molar-refractivity contribution in [3.8, 4) is 11.4 Å². The van der Waals surface area contributed by atoms with E-state index in [4.69, 9.17) is 0 Å². The summed E-state index contributed by atoms with van der Waals surface area (Å²) in [6.45, 7) is 2.72. The molecule has 1 fully saturated rings. The van der Waals surface area contributed by atoms with E-state index in [-0.39, 0.29) is 5.91 Å². The normalized spacial score (nSPS) is 15.5. The predicted octanol–water partition coefficient (Wildman–Crippen LogP) is 1.26. The first-order chi connectivity index (χ1) is 11.3. The van der Waals surface area contributed by atoms with E-state index in [9.17, 15) is 4.79 Å². The molecule has 0 unspecified atom stereocenters. The van der Waals surface area contributed by atoms with Crippen LogP contribution in [-0.2, 0) is 11.3 Å². The molecule has 1 aliphatic rings. The average molecular weight is 314 g/mol. The van der Waals surface area contributed by atoms with Gasteiger partial charge in [-0.3, -0.25) is 4.79 Å². The first-order valence-electron chi connectivity index (χ1n) is 8.11. The van der Waals surface area contributed by atoms with Crippen molar-refractivity contribution in [2.75, 3.05) is 13.1 Å². The number of H-pyrrole nitrogens is 1. The molecule has 0 saturated carbocycles. The van der Waals surface area contributed by atoms with Gasteiger partial charge in [-0.15, -0.1) is 10.2 Å². The maximum absolute atomic E-state index is 12.0. The van der Waals surface area contributed by atoms with Crippen molar-refractivity contribution >= 4 is 5.91 Å². The molecule has 1 amide bonds. The maximum atomic E-state index is 12.0. The predicted molar refractivity (Wildman–Crippen MR) is 86.3 cm³/mol. The Balaban J connectivity index is 1.41. The zero-order chi connectivity index (χ0) is 15.9. The Morgan fingerprint density at radius 1 is 1.22 bits per heavy atom. The highest BCUT2D eigenvalue weighted by Crippen LogP contribution is 2.17. The molecule has 0 radical (unpaired) electrons. The molecular weight excluding hydrogens is 292 g/mol. The van der Waals surface area contributed by atoms with Crippen LogP contribution < -0.4 is 10.6 Å². The molecule has 0 aliphatic carbocycles. The van der Waals surface area contributed by atoms with Crippen LogP contribution >= 0.6 is 0 Å². The lowest BCUT2D eigenvalue weighted by molar-refractivity contribution is -0.121. The van der Waals surface area contributed by atoms with Gasteiger partial charge in [0.1, 0.15) is 0 Å². The largest absolute Gasteiger partial charge is 0.352 e. The minimum Gasteiger partial charge on any atom is -0.352 e. The summed E-state index contributed by atoms with van der Waals surface area (Å²) in [5.74, 6) is 1.39. The molecule has 0 atom stereocenters. The van der Waals surface area contributed by atoms with Crippen LogP contribution in [0.4, 0.5) is 0 Å². The molecule has 7 nitrogen and oxygen atoms in total. The number of nitrogens with one attached hydrogen (secondary N) is 3. The molecule has 2 aromatic rings. The molecule has 0 bridgehead atoms. The zero-order valence-electron chi connectivity index (χ0n) is 13.1. The molecule has 3 rings (SSSR count). The number of carbonyl (C=O) groups is 1. The van der Waals surface area contributed by atoms with E-state index < -0.39 is 0 Å². The molecule has 122 valence electrons. The summed E-state index contributed by atoms with van der Waals surface area (Å²) in [7, 11) is 0. The van der Waals surface area contributed by atoms with Gasteiger partial charge in [-0.25, -0.2) is 0 Å². The highest BCUT2D eigenvalue weighted by Gasteiger charge is 2.14. The summed E-state index contributed by atoms with van der Waals surface area (Å²) in [5.41, 5.74) is 1.96. The van der Waals surface area contributed by atoms with Gasteiger partial charge >= 0.3 is 0 Å². The number of aromatic nitrogens is 4. The Morgan fingerprint density at radius 2 is 2.00 bits per heavy atom. The first-order valence-corrected chi connectivity index (χ1v) is 8.11. The summed E-state index contributed by atoms with van der Waals surface area (Å²) in [6, 6.07) is 7.81. The number of tetrazole rings is 1. The number of rotatable bonds is 6. The number of benzene rings is 1. The summed E-state index contributed by atoms with van der Waals surface area (Å²) in [5, 5.41) is 20.2. The van der Waals surface area contributed by atoms with Crippen LogP contribution in [0, 0.1) is 5.92 Å². The SMILES string of the molecule is O=C(CCC1CCNCC1)NCc1ccc(-c2nn[nH]n2)cc1. The van der Waals surface area contributed by atoms with Crippen molar-refractivity contribution < 1.29 is 4.79 Å². The Hall–Kier alpha value is -2.28. The van der Waals surface area contributed by atoms with Crippen LogP contribution in [0.2, 0.25) is 0 Å². The van der Waals surface area contributed by atoms with Gasteiger partial charge in [-0.05, 0) is 49.0 Å². The molecule has 0 spiro atoms. The zero-order valence-corrected chi connectivity index (χ0v) is 13.1. The van der Waals surface area contributed by atoms with E-state index in [1.54, 1.807) is 0 Å². The van der Waals surface area contributed by atoms with Crippen LogP contribution in [0.1, 0.15) is 31.2 Å². The Kier molecular flexibility index (Phi) is 5.31. The van der Waals surface area contributed by atoms with Crippen LogP contribution in [0.5, 0.6) is 0 Å². The van der Waals surface area contributed by atoms with Crippen molar-refractivity contribution in [3.05, 3.63) is 29.8 Å². The van der Waals surface area contributed by atoms with Gasteiger partial charge in [-0.2, -0.15) is 5.21 Å². The van der Waals surface area contributed by atoms with Crippen molar-refractivity contribution in [2.24, 2.45) is 5.92 Å². The summed E-state index contributed by atoms with van der Waals surface area (Å²) < 4.78 is 0. The van der Waals surface area contributed by atoms with Crippen molar-refractivity contribution in [3.63, 3.8) is 0 Å². The number of hydrogen-bond acceptors (Lipinski definition) is 5. The smallest absolute Gasteiger partial charge is 0.220 e. The maximum Gasteiger partial charge on any atom is 0.220 e. The number of carbonyl (C=O) groups excluding carboxylic acids is 1. The third kappa shape index (κ3) is 4.59. The second-order valence-electron chi connectivity index (χ2n) is 5.94. The van der Waals surface area contributed by atoms with Gasteiger partial charge in [0.2, 0.25) is 11.7 Å². The van der Waals surface area contributed by atoms with Crippen molar-refractivity contribution in [1.82, 2.24) is 31.3 Å². The lowest BCUT2D eigenvalue weighted by Crippen LogP contribution is -2.29. The lowest BCUT2D eigenvalue weighted by Gasteiger charge is -2.22. The molecule has 23 heavy (non-hydrogen) atoms. The van der Waals surface area contributed by atoms with Crippen LogP contribution in [-0.4, -0.2) is 39.6 Å². The third-order valence-corrected chi connectivity index (χ3v) is 4.29. The van der Waals surface area contributed by atoms with E-state index in [0.29, 0.717) is 24.7 Å². The summed E-state index contributed by atoms with van der Waals surface area (Å²) in [4.78, 5) is 12.0. The van der Waals surface area contributed by atoms with E-state index in [1.165, 1.54) is 12.8 Å². The topological polar surface area (TPSA) is 95.6 Å². The quantitative estimate of drug-likeness (QED) is 0.746. The molecule has 3 N–H and O–H groups in total. The van der Waals surface area contributed by atoms with Gasteiger partial charge in [0.15, 0.2) is 0 Å². The monoisotopic (exact) mass is 314 g/mol. The van der Waals surface area contributed by atoms with E-state index in [2.05, 4.69) is 31.3 Å². The third-order valence-electron chi connectivity index (χ3n) is 4.29. The molecule has 2 heterocycles. The number of amides is 1. The average Bonchev–Trinajstić information content (AvgIpc) is 3.14. The van der Waals surface area contributed by atoms with E-state index in [1.807, 2.05) is 24.3 Å². The fourth-order valence-corrected chi connectivity index (χ4v) is 2.85. The number of nitrogens with zero attached hydrogens (tertiary/aromatic N) is 3. The number of aromatic amines is 1. The standard InChI is InChI=1S/C16H22N6O/c23-15(6-3-12-7-9-17-10-8-12)18-11-13-1-4-14(5-2-13)16-19-21-22-20-16/h1-2,4-5,12,17H,3,6-11H2,(H,18,23)(H,19,20,21,22). The van der Waals surface area contributed by atoms with Gasteiger partial charge in [-0.1, -0.05) is 24.3 Å². The molecule has 1 aromatic carbocycles. The molecule has 1 aliphatic heterocycles. The highest BCUT2D eigenvalue weighted by molar-refractivity contribution is 5.75. The van der Waals surface area contributed by atoms with E-state index in [0.717, 1.165) is 30.6 Å². The summed E-state index contributed by atoms with van der Waals surface area (Å²) >= 11 is 0. The minimum atomic E-state index is 0.130. The second-order valence-corrected chi connectivity index (χ2v) is 5.94. The van der Waals surface area contributed by atoms with Gasteiger partial charge in [0.25, 0.3) is 0 Å². The fraction of sp³-hybridized carbons (Fsp3) is 0.500. The lowest BCUT2D eigenvalue weighted by atomic mass is 9.93. The van der Waals surface area contributed by atoms with Crippen molar-refractivity contribution in [1.29, 1.82) is 0 Å². The highest BCUT2D eigenvalue weighted by atomic mass is 16.1. The van der Waals surface area contributed by atoms with Crippen LogP contribution in [0.15, 0.2) is 24.3 Å². The summed E-state index contributed by atoms with van der Waals surface area (Å²) in [6.07, 6.45) is 3.98.